The summed E-state index contributed by atoms with van der Waals surface area (Å²) in [7, 11) is 0. The van der Waals surface area contributed by atoms with Crippen LogP contribution in [0.5, 0.6) is 0 Å². The van der Waals surface area contributed by atoms with Crippen LogP contribution in [0.4, 0.5) is 8.78 Å². The van der Waals surface area contributed by atoms with E-state index in [2.05, 4.69) is 19.2 Å². The summed E-state index contributed by atoms with van der Waals surface area (Å²) in [5.74, 6) is -0.919. The van der Waals surface area contributed by atoms with E-state index in [-0.39, 0.29) is 5.41 Å². The van der Waals surface area contributed by atoms with E-state index < -0.39 is 11.6 Å². The van der Waals surface area contributed by atoms with Gasteiger partial charge in [0.1, 0.15) is 11.6 Å². The second kappa shape index (κ2) is 4.80. The largest absolute Gasteiger partial charge is 0.314 e. The molecule has 110 valence electrons. The molecule has 2 aliphatic carbocycles. The minimum Gasteiger partial charge on any atom is -0.314 e. The van der Waals surface area contributed by atoms with Gasteiger partial charge in [-0.2, -0.15) is 0 Å². The molecule has 20 heavy (non-hydrogen) atoms. The summed E-state index contributed by atoms with van der Waals surface area (Å²) < 4.78 is 27.1. The second-order valence-electron chi connectivity index (χ2n) is 7.18. The Labute approximate surface area is 119 Å². The highest BCUT2D eigenvalue weighted by molar-refractivity contribution is 5.33. The zero-order valence-corrected chi connectivity index (χ0v) is 12.3. The van der Waals surface area contributed by atoms with Crippen LogP contribution in [-0.2, 0) is 5.41 Å². The average Bonchev–Trinajstić information content (AvgIpc) is 2.23. The topological polar surface area (TPSA) is 12.0 Å². The molecule has 1 aromatic rings. The molecule has 0 aromatic heterocycles. The first kappa shape index (κ1) is 14.0. The molecule has 3 rings (SSSR count). The smallest absolute Gasteiger partial charge is 0.126 e. The summed E-state index contributed by atoms with van der Waals surface area (Å²) in [6.07, 6.45) is 6.03. The van der Waals surface area contributed by atoms with Crippen LogP contribution in [0.25, 0.3) is 0 Å². The molecule has 2 saturated carbocycles. The fourth-order valence-corrected chi connectivity index (χ4v) is 4.10. The van der Waals surface area contributed by atoms with Gasteiger partial charge >= 0.3 is 0 Å². The Balaban J connectivity index is 1.85. The molecule has 0 saturated heterocycles. The highest BCUT2D eigenvalue weighted by atomic mass is 19.1. The number of benzene rings is 1. The maximum absolute atomic E-state index is 13.5. The molecule has 2 aliphatic rings. The first-order valence-electron chi connectivity index (χ1n) is 7.63. The molecular weight excluding hydrogens is 256 g/mol. The van der Waals surface area contributed by atoms with Crippen LogP contribution in [-0.4, -0.2) is 12.6 Å². The number of hydrogen-bond donors (Lipinski definition) is 1. The quantitative estimate of drug-likeness (QED) is 0.872. The molecule has 0 bridgehead atoms. The highest BCUT2D eigenvalue weighted by Gasteiger charge is 2.57. The van der Waals surface area contributed by atoms with Gasteiger partial charge in [-0.05, 0) is 48.8 Å². The molecule has 0 unspecified atom stereocenters. The Hall–Kier alpha value is -0.960. The van der Waals surface area contributed by atoms with Crippen molar-refractivity contribution in [1.29, 1.82) is 0 Å². The third-order valence-corrected chi connectivity index (χ3v) is 5.16. The van der Waals surface area contributed by atoms with Crippen LogP contribution < -0.4 is 5.32 Å². The van der Waals surface area contributed by atoms with E-state index in [1.165, 1.54) is 31.4 Å². The first-order chi connectivity index (χ1) is 9.43. The van der Waals surface area contributed by atoms with Crippen molar-refractivity contribution in [2.24, 2.45) is 5.41 Å². The van der Waals surface area contributed by atoms with E-state index in [0.29, 0.717) is 11.5 Å². The standard InChI is InChI=1S/C17H23F2N/c1-12(2)20-11-17(9-16(10-17)4-3-5-16)13-6-14(18)8-15(19)7-13/h6-8,12,20H,3-5,9-11H2,1-2H3. The molecule has 1 N–H and O–H groups in total. The van der Waals surface area contributed by atoms with E-state index in [1.807, 2.05) is 0 Å². The SMILES string of the molecule is CC(C)NCC1(c2cc(F)cc(F)c2)CC2(CCC2)C1. The fraction of sp³-hybridized carbons (Fsp3) is 0.647. The third kappa shape index (κ3) is 2.37. The van der Waals surface area contributed by atoms with E-state index in [4.69, 9.17) is 0 Å². The van der Waals surface area contributed by atoms with Crippen molar-refractivity contribution >= 4 is 0 Å². The Bertz CT molecular complexity index is 477. The van der Waals surface area contributed by atoms with Crippen LogP contribution in [0, 0.1) is 17.0 Å². The lowest BCUT2D eigenvalue weighted by Gasteiger charge is -2.62. The molecule has 3 heteroatoms. The Morgan fingerprint density at radius 1 is 1.10 bits per heavy atom. The van der Waals surface area contributed by atoms with Crippen molar-refractivity contribution in [3.05, 3.63) is 35.4 Å². The van der Waals surface area contributed by atoms with Gasteiger partial charge in [-0.25, -0.2) is 8.78 Å². The van der Waals surface area contributed by atoms with Crippen molar-refractivity contribution in [1.82, 2.24) is 5.32 Å². The van der Waals surface area contributed by atoms with Crippen molar-refractivity contribution < 1.29 is 8.78 Å². The van der Waals surface area contributed by atoms with Crippen molar-refractivity contribution in [3.63, 3.8) is 0 Å². The Morgan fingerprint density at radius 2 is 1.70 bits per heavy atom. The van der Waals surface area contributed by atoms with Gasteiger partial charge in [0.25, 0.3) is 0 Å². The summed E-state index contributed by atoms with van der Waals surface area (Å²) >= 11 is 0. The maximum atomic E-state index is 13.5. The number of rotatable bonds is 4. The number of nitrogens with one attached hydrogen (secondary N) is 1. The summed E-state index contributed by atoms with van der Waals surface area (Å²) in [5, 5.41) is 3.47. The molecule has 1 nitrogen and oxygen atoms in total. The average molecular weight is 279 g/mol. The molecule has 1 aromatic carbocycles. The lowest BCUT2D eigenvalue weighted by Crippen LogP contribution is -2.58. The predicted molar refractivity (Wildman–Crippen MR) is 76.7 cm³/mol. The zero-order valence-electron chi connectivity index (χ0n) is 12.3. The molecule has 1 spiro atoms. The number of halogens is 2. The van der Waals surface area contributed by atoms with Gasteiger partial charge in [0.05, 0.1) is 0 Å². The zero-order chi connectivity index (χ0) is 14.4. The van der Waals surface area contributed by atoms with Crippen LogP contribution in [0.1, 0.15) is 51.5 Å². The lowest BCUT2D eigenvalue weighted by atomic mass is 9.43. The summed E-state index contributed by atoms with van der Waals surface area (Å²) in [6, 6.07) is 4.40. The normalized spacial score (nSPS) is 22.6. The van der Waals surface area contributed by atoms with Gasteiger partial charge in [0.2, 0.25) is 0 Å². The highest BCUT2D eigenvalue weighted by Crippen LogP contribution is 2.64. The fourth-order valence-electron chi connectivity index (χ4n) is 4.10. The van der Waals surface area contributed by atoms with E-state index in [9.17, 15) is 8.78 Å². The third-order valence-electron chi connectivity index (χ3n) is 5.16. The maximum Gasteiger partial charge on any atom is 0.126 e. The van der Waals surface area contributed by atoms with Crippen molar-refractivity contribution in [3.8, 4) is 0 Å². The van der Waals surface area contributed by atoms with Crippen LogP contribution in [0.3, 0.4) is 0 Å². The van der Waals surface area contributed by atoms with Gasteiger partial charge in [0.15, 0.2) is 0 Å². The van der Waals surface area contributed by atoms with Crippen LogP contribution >= 0.6 is 0 Å². The van der Waals surface area contributed by atoms with Gasteiger partial charge in [-0.1, -0.05) is 20.3 Å². The molecule has 0 atom stereocenters. The monoisotopic (exact) mass is 279 g/mol. The predicted octanol–water partition coefficient (Wildman–Crippen LogP) is 4.16. The van der Waals surface area contributed by atoms with Gasteiger partial charge in [-0.15, -0.1) is 0 Å². The molecule has 0 radical (unpaired) electrons. The van der Waals surface area contributed by atoms with Crippen molar-refractivity contribution in [2.45, 2.75) is 57.4 Å². The summed E-state index contributed by atoms with van der Waals surface area (Å²) in [5.41, 5.74) is 1.23. The lowest BCUT2D eigenvalue weighted by molar-refractivity contribution is -0.0491. The molecule has 0 aliphatic heterocycles. The second-order valence-corrected chi connectivity index (χ2v) is 7.18. The molecule has 2 fully saturated rings. The Kier molecular flexibility index (Phi) is 3.36. The van der Waals surface area contributed by atoms with E-state index in [1.54, 1.807) is 0 Å². The number of hydrogen-bond acceptors (Lipinski definition) is 1. The van der Waals surface area contributed by atoms with Gasteiger partial charge in [0, 0.05) is 24.1 Å². The Morgan fingerprint density at radius 3 is 2.15 bits per heavy atom. The molecule has 0 heterocycles. The van der Waals surface area contributed by atoms with E-state index >= 15 is 0 Å². The first-order valence-corrected chi connectivity index (χ1v) is 7.63. The minimum absolute atomic E-state index is 0.0758. The van der Waals surface area contributed by atoms with Crippen LogP contribution in [0.15, 0.2) is 18.2 Å². The molecule has 0 amide bonds. The minimum atomic E-state index is -0.460. The van der Waals surface area contributed by atoms with Crippen molar-refractivity contribution in [2.75, 3.05) is 6.54 Å². The van der Waals surface area contributed by atoms with Crippen LogP contribution in [0.2, 0.25) is 0 Å². The molecular formula is C17H23F2N. The van der Waals surface area contributed by atoms with Gasteiger partial charge in [-0.3, -0.25) is 0 Å². The van der Waals surface area contributed by atoms with Gasteiger partial charge < -0.3 is 5.32 Å². The summed E-state index contributed by atoms with van der Waals surface area (Å²) in [4.78, 5) is 0. The van der Waals surface area contributed by atoms with E-state index in [0.717, 1.165) is 31.0 Å². The summed E-state index contributed by atoms with van der Waals surface area (Å²) in [6.45, 7) is 5.03.